The molecule has 1 fully saturated rings. The summed E-state index contributed by atoms with van der Waals surface area (Å²) in [4.78, 5) is 40.3. The number of rotatable bonds is 13. The van der Waals surface area contributed by atoms with Crippen molar-refractivity contribution in [1.82, 2.24) is 10.2 Å². The first-order chi connectivity index (χ1) is 22.3. The van der Waals surface area contributed by atoms with E-state index in [0.29, 0.717) is 0 Å². The highest BCUT2D eigenvalue weighted by molar-refractivity contribution is 7.92. The minimum absolute atomic E-state index is 0.00569. The third kappa shape index (κ3) is 8.61. The molecule has 3 aromatic rings. The van der Waals surface area contributed by atoms with Gasteiger partial charge in [0.15, 0.2) is 0 Å². The standard InChI is InChI=1S/C34H41ClN4O7S/c1-5-29(34(41)36-27-12-7-6-8-13-27)37(21-25-11-9-10-23(2)18-25)33(40)22-38(31-19-26(35)15-17-32(31)46-4)47(44,45)28-16-14-24(3)30(20-28)39(42)43/h9-11,14-20,27,29H,5-8,12-13,21-22H2,1-4H3,(H,36,41)/t29-/m0/s1. The average molecular weight is 685 g/mol. The Morgan fingerprint density at radius 3 is 2.43 bits per heavy atom. The molecule has 1 N–H and O–H groups in total. The molecule has 0 saturated heterocycles. The minimum atomic E-state index is -4.62. The van der Waals surface area contributed by atoms with E-state index in [-0.39, 0.29) is 52.6 Å². The Hall–Kier alpha value is -4.16. The van der Waals surface area contributed by atoms with E-state index < -0.39 is 38.3 Å². The van der Waals surface area contributed by atoms with Crippen LogP contribution in [0, 0.1) is 24.0 Å². The molecule has 0 aromatic heterocycles. The largest absolute Gasteiger partial charge is 0.495 e. The van der Waals surface area contributed by atoms with Crippen LogP contribution in [0.4, 0.5) is 11.4 Å². The predicted octanol–water partition coefficient (Wildman–Crippen LogP) is 6.33. The third-order valence-electron chi connectivity index (χ3n) is 8.43. The number of hydrogen-bond acceptors (Lipinski definition) is 7. The smallest absolute Gasteiger partial charge is 0.273 e. The fraction of sp³-hybridized carbons (Fsp3) is 0.412. The number of aryl methyl sites for hydroxylation is 2. The summed E-state index contributed by atoms with van der Waals surface area (Å²) < 4.78 is 35.0. The number of methoxy groups -OCH3 is 1. The normalized spacial score (nSPS) is 14.2. The molecular weight excluding hydrogens is 644 g/mol. The van der Waals surface area contributed by atoms with E-state index in [9.17, 15) is 28.1 Å². The van der Waals surface area contributed by atoms with Crippen molar-refractivity contribution in [3.8, 4) is 5.75 Å². The average Bonchev–Trinajstić information content (AvgIpc) is 3.03. The quantitative estimate of drug-likeness (QED) is 0.164. The first kappa shape index (κ1) is 35.7. The molecule has 1 atom stereocenters. The second kappa shape index (κ2) is 15.6. The van der Waals surface area contributed by atoms with Crippen LogP contribution in [-0.4, -0.2) is 55.8 Å². The second-order valence-corrected chi connectivity index (χ2v) is 14.1. The SMILES string of the molecule is CC[C@@H](C(=O)NC1CCCCC1)N(Cc1cccc(C)c1)C(=O)CN(c1cc(Cl)ccc1OC)S(=O)(=O)c1ccc(C)c([N+](=O)[O-])c1. The molecule has 0 spiro atoms. The van der Waals surface area contributed by atoms with Gasteiger partial charge in [0.2, 0.25) is 11.8 Å². The molecule has 0 aliphatic heterocycles. The van der Waals surface area contributed by atoms with Crippen LogP contribution < -0.4 is 14.4 Å². The summed E-state index contributed by atoms with van der Waals surface area (Å²) >= 11 is 6.32. The first-order valence-electron chi connectivity index (χ1n) is 15.6. The lowest BCUT2D eigenvalue weighted by Gasteiger charge is -2.34. The van der Waals surface area contributed by atoms with Crippen molar-refractivity contribution in [2.45, 2.75) is 82.8 Å². The number of halogens is 1. The fourth-order valence-electron chi connectivity index (χ4n) is 5.92. The van der Waals surface area contributed by atoms with Crippen LogP contribution in [0.25, 0.3) is 0 Å². The van der Waals surface area contributed by atoms with Crippen LogP contribution in [-0.2, 0) is 26.2 Å². The fourth-order valence-corrected chi connectivity index (χ4v) is 7.52. The highest BCUT2D eigenvalue weighted by Crippen LogP contribution is 2.36. The van der Waals surface area contributed by atoms with E-state index in [0.717, 1.165) is 53.6 Å². The Balaban J connectivity index is 1.80. The predicted molar refractivity (Wildman–Crippen MR) is 181 cm³/mol. The van der Waals surface area contributed by atoms with E-state index in [2.05, 4.69) is 5.32 Å². The second-order valence-electron chi connectivity index (χ2n) is 11.8. The molecule has 0 heterocycles. The van der Waals surface area contributed by atoms with Gasteiger partial charge in [0.25, 0.3) is 15.7 Å². The zero-order chi connectivity index (χ0) is 34.3. The monoisotopic (exact) mass is 684 g/mol. The number of nitrogens with zero attached hydrogens (tertiary/aromatic N) is 3. The first-order valence-corrected chi connectivity index (χ1v) is 17.4. The van der Waals surface area contributed by atoms with Gasteiger partial charge in [-0.1, -0.05) is 73.7 Å². The number of nitrogens with one attached hydrogen (secondary N) is 1. The topological polar surface area (TPSA) is 139 Å². The number of nitro benzene ring substituents is 1. The van der Waals surface area contributed by atoms with E-state index in [1.807, 2.05) is 38.1 Å². The van der Waals surface area contributed by atoms with Gasteiger partial charge in [-0.2, -0.15) is 0 Å². The van der Waals surface area contributed by atoms with Gasteiger partial charge in [-0.05, 0) is 62.9 Å². The number of anilines is 1. The Morgan fingerprint density at radius 2 is 1.79 bits per heavy atom. The number of carbonyl (C=O) groups is 2. The number of hydrogen-bond donors (Lipinski definition) is 1. The molecular formula is C34H41ClN4O7S. The van der Waals surface area contributed by atoms with Crippen molar-refractivity contribution in [3.63, 3.8) is 0 Å². The molecule has 4 rings (SSSR count). The Bertz CT molecular complexity index is 1730. The van der Waals surface area contributed by atoms with Crippen molar-refractivity contribution in [2.75, 3.05) is 18.0 Å². The van der Waals surface area contributed by atoms with Gasteiger partial charge in [0, 0.05) is 29.2 Å². The summed E-state index contributed by atoms with van der Waals surface area (Å²) in [7, 11) is -3.27. The lowest BCUT2D eigenvalue weighted by Crippen LogP contribution is -2.54. The van der Waals surface area contributed by atoms with E-state index in [1.165, 1.54) is 49.3 Å². The lowest BCUT2D eigenvalue weighted by molar-refractivity contribution is -0.385. The maximum atomic E-state index is 14.5. The zero-order valence-corrected chi connectivity index (χ0v) is 28.6. The molecule has 1 aliphatic rings. The van der Waals surface area contributed by atoms with E-state index in [1.54, 1.807) is 0 Å². The summed E-state index contributed by atoms with van der Waals surface area (Å²) in [6.45, 7) is 4.54. The molecule has 13 heteroatoms. The van der Waals surface area contributed by atoms with Gasteiger partial charge in [0.1, 0.15) is 18.3 Å². The van der Waals surface area contributed by atoms with Gasteiger partial charge in [0.05, 0.1) is 22.6 Å². The molecule has 0 bridgehead atoms. The molecule has 0 radical (unpaired) electrons. The van der Waals surface area contributed by atoms with E-state index in [4.69, 9.17) is 16.3 Å². The Morgan fingerprint density at radius 1 is 1.06 bits per heavy atom. The number of sulfonamides is 1. The molecule has 1 aliphatic carbocycles. The third-order valence-corrected chi connectivity index (χ3v) is 10.4. The summed E-state index contributed by atoms with van der Waals surface area (Å²) in [6, 6.07) is 14.5. The van der Waals surface area contributed by atoms with Crippen molar-refractivity contribution in [1.29, 1.82) is 0 Å². The van der Waals surface area contributed by atoms with Gasteiger partial charge < -0.3 is 15.0 Å². The van der Waals surface area contributed by atoms with Gasteiger partial charge in [-0.15, -0.1) is 0 Å². The van der Waals surface area contributed by atoms with E-state index >= 15 is 0 Å². The molecule has 252 valence electrons. The Kier molecular flexibility index (Phi) is 11.9. The number of ether oxygens (including phenoxy) is 1. The number of nitro groups is 1. The van der Waals surface area contributed by atoms with Crippen molar-refractivity contribution in [2.24, 2.45) is 0 Å². The summed E-state index contributed by atoms with van der Waals surface area (Å²) in [5.74, 6) is -0.839. The van der Waals surface area contributed by atoms with Crippen LogP contribution in [0.1, 0.15) is 62.1 Å². The summed E-state index contributed by atoms with van der Waals surface area (Å²) in [6.07, 6.45) is 5.14. The highest BCUT2D eigenvalue weighted by atomic mass is 35.5. The lowest BCUT2D eigenvalue weighted by atomic mass is 9.95. The van der Waals surface area contributed by atoms with Gasteiger partial charge in [-0.3, -0.25) is 24.0 Å². The Labute approximate surface area is 281 Å². The molecule has 1 saturated carbocycles. The van der Waals surface area contributed by atoms with Crippen molar-refractivity contribution in [3.05, 3.63) is 92.5 Å². The number of carbonyl (C=O) groups excluding carboxylic acids is 2. The van der Waals surface area contributed by atoms with Crippen LogP contribution >= 0.6 is 11.6 Å². The maximum Gasteiger partial charge on any atom is 0.273 e. The molecule has 2 amide bonds. The maximum absolute atomic E-state index is 14.5. The molecule has 0 unspecified atom stereocenters. The summed E-state index contributed by atoms with van der Waals surface area (Å²) in [5, 5.41) is 15.0. The molecule has 11 nitrogen and oxygen atoms in total. The van der Waals surface area contributed by atoms with Gasteiger partial charge in [-0.25, -0.2) is 8.42 Å². The zero-order valence-electron chi connectivity index (χ0n) is 27.1. The molecule has 47 heavy (non-hydrogen) atoms. The summed E-state index contributed by atoms with van der Waals surface area (Å²) in [5.41, 5.74) is 1.58. The van der Waals surface area contributed by atoms with Gasteiger partial charge >= 0.3 is 0 Å². The van der Waals surface area contributed by atoms with Crippen LogP contribution in [0.2, 0.25) is 5.02 Å². The van der Waals surface area contributed by atoms with Crippen LogP contribution in [0.3, 0.4) is 0 Å². The minimum Gasteiger partial charge on any atom is -0.495 e. The van der Waals surface area contributed by atoms with Crippen molar-refractivity contribution >= 4 is 44.8 Å². The molecule has 3 aromatic carbocycles. The number of benzene rings is 3. The van der Waals surface area contributed by atoms with Crippen molar-refractivity contribution < 1.29 is 27.7 Å². The van der Waals surface area contributed by atoms with Crippen LogP contribution in [0.5, 0.6) is 5.75 Å². The van der Waals surface area contributed by atoms with Crippen LogP contribution in [0.15, 0.2) is 65.6 Å². The number of amides is 2. The highest BCUT2D eigenvalue weighted by Gasteiger charge is 2.36.